The summed E-state index contributed by atoms with van der Waals surface area (Å²) in [5.41, 5.74) is -3.55. The lowest BCUT2D eigenvalue weighted by Gasteiger charge is -2.34. The number of nitrogens with one attached hydrogen (secondary N) is 2. The molecule has 0 aromatic heterocycles. The Balaban J connectivity index is 1.65. The van der Waals surface area contributed by atoms with Crippen molar-refractivity contribution in [3.63, 3.8) is 0 Å². The molecule has 2 aliphatic rings. The van der Waals surface area contributed by atoms with Crippen LogP contribution in [0.3, 0.4) is 0 Å². The van der Waals surface area contributed by atoms with Crippen molar-refractivity contribution in [1.29, 1.82) is 0 Å². The lowest BCUT2D eigenvalue weighted by atomic mass is 9.89. The van der Waals surface area contributed by atoms with Gasteiger partial charge in [-0.3, -0.25) is 19.3 Å². The molecule has 2 N–H and O–H groups in total. The Kier molecular flexibility index (Phi) is 5.67. The van der Waals surface area contributed by atoms with Gasteiger partial charge in [0, 0.05) is 7.05 Å². The van der Waals surface area contributed by atoms with Crippen molar-refractivity contribution in [2.45, 2.75) is 17.8 Å². The molecule has 9 nitrogen and oxygen atoms in total. The van der Waals surface area contributed by atoms with Crippen molar-refractivity contribution in [2.75, 3.05) is 25.0 Å². The summed E-state index contributed by atoms with van der Waals surface area (Å²) in [6.45, 7) is -1.23. The third-order valence-electron chi connectivity index (χ3n) is 5.64. The van der Waals surface area contributed by atoms with E-state index in [-0.39, 0.29) is 22.9 Å². The van der Waals surface area contributed by atoms with Gasteiger partial charge in [0.1, 0.15) is 12.3 Å². The molecule has 5 amide bonds. The molecule has 12 heteroatoms. The van der Waals surface area contributed by atoms with E-state index in [1.807, 2.05) is 0 Å². The predicted molar refractivity (Wildman–Crippen MR) is 112 cm³/mol. The Labute approximate surface area is 191 Å². The molecule has 0 saturated carbocycles. The Morgan fingerprint density at radius 3 is 2.41 bits per heavy atom. The van der Waals surface area contributed by atoms with Crippen LogP contribution in [0.1, 0.15) is 5.56 Å². The van der Waals surface area contributed by atoms with Gasteiger partial charge >= 0.3 is 12.2 Å². The molecular weight excluding hydrogens is 457 g/mol. The van der Waals surface area contributed by atoms with Crippen molar-refractivity contribution >= 4 is 29.4 Å². The minimum atomic E-state index is -5.17. The van der Waals surface area contributed by atoms with Gasteiger partial charge < -0.3 is 20.3 Å². The fourth-order valence-electron chi connectivity index (χ4n) is 3.95. The molecule has 2 aromatic rings. The molecule has 2 heterocycles. The second-order valence-corrected chi connectivity index (χ2v) is 7.63. The quantitative estimate of drug-likeness (QED) is 0.651. The number of anilines is 1. The van der Waals surface area contributed by atoms with Crippen molar-refractivity contribution in [3.8, 4) is 5.75 Å². The number of likely N-dealkylation sites (N-methyl/N-ethyl adjacent to an activating group) is 1. The number of hydrogen-bond donors (Lipinski definition) is 2. The van der Waals surface area contributed by atoms with E-state index < -0.39 is 53.7 Å². The lowest BCUT2D eigenvalue weighted by Crippen LogP contribution is -2.56. The van der Waals surface area contributed by atoms with Crippen LogP contribution in [0, 0.1) is 0 Å². The number of alkyl halides is 3. The Morgan fingerprint density at radius 2 is 1.76 bits per heavy atom. The van der Waals surface area contributed by atoms with Gasteiger partial charge in [-0.25, -0.2) is 4.79 Å². The van der Waals surface area contributed by atoms with Crippen molar-refractivity contribution in [3.05, 3.63) is 60.2 Å². The molecular formula is C22H19F3N4O5. The maximum absolute atomic E-state index is 14.1. The summed E-state index contributed by atoms with van der Waals surface area (Å²) in [6, 6.07) is 11.1. The molecule has 0 bridgehead atoms. The minimum Gasteiger partial charge on any atom is -0.477 e. The van der Waals surface area contributed by atoms with Crippen LogP contribution in [-0.4, -0.2) is 61.1 Å². The first-order valence-corrected chi connectivity index (χ1v) is 10.1. The third kappa shape index (κ3) is 3.60. The highest BCUT2D eigenvalue weighted by molar-refractivity contribution is 6.11. The molecule has 34 heavy (non-hydrogen) atoms. The van der Waals surface area contributed by atoms with Crippen molar-refractivity contribution < 1.29 is 37.1 Å². The van der Waals surface area contributed by atoms with Crippen molar-refractivity contribution in [2.24, 2.45) is 0 Å². The number of halogens is 3. The number of fused-ring (bicyclic) bond motifs is 1. The monoisotopic (exact) mass is 476 g/mol. The van der Waals surface area contributed by atoms with E-state index in [1.54, 1.807) is 17.4 Å². The van der Waals surface area contributed by atoms with E-state index in [2.05, 4.69) is 5.32 Å². The maximum atomic E-state index is 14.1. The molecule has 1 saturated heterocycles. The summed E-state index contributed by atoms with van der Waals surface area (Å²) in [7, 11) is 1.38. The van der Waals surface area contributed by atoms with E-state index in [0.29, 0.717) is 0 Å². The van der Waals surface area contributed by atoms with Crippen LogP contribution in [0.15, 0.2) is 54.6 Å². The average Bonchev–Trinajstić information content (AvgIpc) is 3.09. The number of carbonyl (C=O) groups excluding carboxylic acids is 4. The van der Waals surface area contributed by atoms with Gasteiger partial charge in [0.05, 0.1) is 12.2 Å². The number of amides is 5. The number of hydrogen-bond acceptors (Lipinski definition) is 5. The van der Waals surface area contributed by atoms with Gasteiger partial charge in [0.2, 0.25) is 11.4 Å². The first-order valence-electron chi connectivity index (χ1n) is 10.1. The number of benzene rings is 2. The largest absolute Gasteiger partial charge is 0.477 e. The topological polar surface area (TPSA) is 108 Å². The summed E-state index contributed by atoms with van der Waals surface area (Å²) in [5, 5.41) is 4.14. The standard InChI is InChI=1S/C22H19F3N4O5/c1-26-18(31)16-11-28(14-9-5-6-10-15(14)34-16)17(30)12-29-19(32)21(22(23,24)25,27-20(29)33)13-7-3-2-4-8-13/h2-10,16H,11-12H2,1H3,(H,26,31)(H,27,33). The molecule has 0 radical (unpaired) electrons. The first-order chi connectivity index (χ1) is 16.1. The van der Waals surface area contributed by atoms with E-state index in [1.165, 1.54) is 37.4 Å². The molecule has 1 fully saturated rings. The molecule has 178 valence electrons. The zero-order valence-electron chi connectivity index (χ0n) is 17.8. The second-order valence-electron chi connectivity index (χ2n) is 7.63. The van der Waals surface area contributed by atoms with Crippen LogP contribution in [0.25, 0.3) is 0 Å². The van der Waals surface area contributed by atoms with Gasteiger partial charge in [-0.1, -0.05) is 42.5 Å². The van der Waals surface area contributed by atoms with Gasteiger partial charge in [0.15, 0.2) is 6.10 Å². The fourth-order valence-corrected chi connectivity index (χ4v) is 3.95. The third-order valence-corrected chi connectivity index (χ3v) is 5.64. The molecule has 2 atom stereocenters. The number of nitrogens with zero attached hydrogens (tertiary/aromatic N) is 2. The number of para-hydroxylation sites is 2. The SMILES string of the molecule is CNC(=O)C1CN(C(=O)CN2C(=O)NC(c3ccccc3)(C(F)(F)F)C2=O)c2ccccc2O1. The summed E-state index contributed by atoms with van der Waals surface area (Å²) in [5.74, 6) is -2.81. The van der Waals surface area contributed by atoms with Gasteiger partial charge in [0.25, 0.3) is 11.8 Å². The Hall–Kier alpha value is -4.09. The smallest absolute Gasteiger partial charge is 0.425 e. The minimum absolute atomic E-state index is 0.196. The zero-order valence-corrected chi connectivity index (χ0v) is 17.8. The molecule has 0 aliphatic carbocycles. The number of imide groups is 1. The van der Waals surface area contributed by atoms with Crippen molar-refractivity contribution in [1.82, 2.24) is 15.5 Å². The number of rotatable bonds is 4. The average molecular weight is 476 g/mol. The predicted octanol–water partition coefficient (Wildman–Crippen LogP) is 1.54. The summed E-state index contributed by atoms with van der Waals surface area (Å²) in [6.07, 6.45) is -6.26. The highest BCUT2D eigenvalue weighted by Crippen LogP contribution is 2.43. The molecule has 2 aromatic carbocycles. The van der Waals surface area contributed by atoms with Gasteiger partial charge in [-0.05, 0) is 17.7 Å². The zero-order chi connectivity index (χ0) is 24.7. The van der Waals surface area contributed by atoms with Crippen LogP contribution < -0.4 is 20.3 Å². The Bertz CT molecular complexity index is 1160. The van der Waals surface area contributed by atoms with E-state index in [9.17, 15) is 32.3 Å². The van der Waals surface area contributed by atoms with Gasteiger partial charge in [-0.15, -0.1) is 0 Å². The normalized spacial score (nSPS) is 22.1. The van der Waals surface area contributed by atoms with Crippen LogP contribution in [0.5, 0.6) is 5.75 Å². The number of urea groups is 1. The molecule has 0 spiro atoms. The highest BCUT2D eigenvalue weighted by Gasteiger charge is 2.68. The van der Waals surface area contributed by atoms with E-state index >= 15 is 0 Å². The lowest BCUT2D eigenvalue weighted by molar-refractivity contribution is -0.198. The molecule has 4 rings (SSSR count). The second kappa shape index (κ2) is 8.36. The van der Waals surface area contributed by atoms with E-state index in [4.69, 9.17) is 4.74 Å². The maximum Gasteiger partial charge on any atom is 0.425 e. The van der Waals surface area contributed by atoms with Crippen LogP contribution in [0.2, 0.25) is 0 Å². The first kappa shape index (κ1) is 23.1. The Morgan fingerprint density at radius 1 is 1.12 bits per heavy atom. The van der Waals surface area contributed by atoms with Gasteiger partial charge in [-0.2, -0.15) is 13.2 Å². The van der Waals surface area contributed by atoms with Crippen LogP contribution >= 0.6 is 0 Å². The summed E-state index contributed by atoms with van der Waals surface area (Å²) < 4.78 is 48.0. The van der Waals surface area contributed by atoms with Crippen LogP contribution in [0.4, 0.5) is 23.7 Å². The molecule has 2 aliphatic heterocycles. The summed E-state index contributed by atoms with van der Waals surface area (Å²) in [4.78, 5) is 52.2. The molecule has 2 unspecified atom stereocenters. The number of ether oxygens (including phenoxy) is 1. The number of carbonyl (C=O) groups is 4. The summed E-state index contributed by atoms with van der Waals surface area (Å²) >= 11 is 0. The van der Waals surface area contributed by atoms with Crippen LogP contribution in [-0.2, 0) is 19.9 Å². The highest BCUT2D eigenvalue weighted by atomic mass is 19.4. The van der Waals surface area contributed by atoms with E-state index in [0.717, 1.165) is 17.0 Å². The fraction of sp³-hybridized carbons (Fsp3) is 0.273.